The van der Waals surface area contributed by atoms with Gasteiger partial charge in [-0.2, -0.15) is 0 Å². The first-order valence-corrected chi connectivity index (χ1v) is 6.69. The lowest BCUT2D eigenvalue weighted by Crippen LogP contribution is -2.08. The zero-order valence-electron chi connectivity index (χ0n) is 10.6. The summed E-state index contributed by atoms with van der Waals surface area (Å²) in [5, 5.41) is 2.10. The summed E-state index contributed by atoms with van der Waals surface area (Å²) in [6.07, 6.45) is 1.47. The molecule has 20 heavy (non-hydrogen) atoms. The number of hydrogen-bond donors (Lipinski definition) is 2. The maximum atomic E-state index is 11.5. The number of aromatic amines is 1. The Hall–Kier alpha value is -2.41. The smallest absolute Gasteiger partial charge is 0.251 e. The average Bonchev–Trinajstić information content (AvgIpc) is 2.37. The van der Waals surface area contributed by atoms with E-state index in [9.17, 15) is 4.79 Å². The molecule has 1 aromatic carbocycles. The molecule has 0 saturated heterocycles. The van der Waals surface area contributed by atoms with Gasteiger partial charge < -0.3 is 10.7 Å². The van der Waals surface area contributed by atoms with Gasteiger partial charge in [-0.3, -0.25) is 4.79 Å². The lowest BCUT2D eigenvalue weighted by molar-refractivity contribution is 0.902. The number of rotatable bonds is 2. The molecule has 0 amide bonds. The molecule has 0 saturated carbocycles. The zero-order valence-corrected chi connectivity index (χ0v) is 11.4. The Balaban J connectivity index is 2.08. The van der Waals surface area contributed by atoms with Gasteiger partial charge in [0, 0.05) is 22.8 Å². The number of nitrogens with two attached hydrogens (primary N) is 1. The molecular weight excluding hydrogens is 274 g/mol. The maximum Gasteiger partial charge on any atom is 0.251 e. The summed E-state index contributed by atoms with van der Waals surface area (Å²) in [5.41, 5.74) is 7.64. The first-order chi connectivity index (χ1) is 9.61. The molecule has 3 N–H and O–H groups in total. The molecule has 2 heterocycles. The number of benzene rings is 1. The molecule has 3 rings (SSSR count). The van der Waals surface area contributed by atoms with Crippen molar-refractivity contribution in [2.75, 3.05) is 5.73 Å². The van der Waals surface area contributed by atoms with Crippen molar-refractivity contribution < 1.29 is 0 Å². The third-order valence-electron chi connectivity index (χ3n) is 2.67. The number of nitrogen functional groups attached to an aromatic ring is 1. The van der Waals surface area contributed by atoms with Crippen LogP contribution in [0.2, 0.25) is 0 Å². The van der Waals surface area contributed by atoms with Crippen LogP contribution in [0.25, 0.3) is 10.9 Å². The van der Waals surface area contributed by atoms with Crippen LogP contribution < -0.4 is 11.3 Å². The van der Waals surface area contributed by atoms with Crippen LogP contribution in [0.3, 0.4) is 0 Å². The van der Waals surface area contributed by atoms with Crippen molar-refractivity contribution in [1.82, 2.24) is 19.9 Å². The highest BCUT2D eigenvalue weighted by molar-refractivity contribution is 7.99. The number of aromatic nitrogens is 4. The molecule has 0 aliphatic heterocycles. The highest BCUT2D eigenvalue weighted by Gasteiger charge is 2.08. The second-order valence-electron chi connectivity index (χ2n) is 4.25. The van der Waals surface area contributed by atoms with Gasteiger partial charge in [-0.05, 0) is 36.9 Å². The third kappa shape index (κ3) is 2.48. The molecule has 2 aromatic heterocycles. The van der Waals surface area contributed by atoms with Crippen molar-refractivity contribution in [2.45, 2.75) is 17.1 Å². The Bertz CT molecular complexity index is 846. The maximum absolute atomic E-state index is 11.5. The van der Waals surface area contributed by atoms with Gasteiger partial charge in [0.25, 0.3) is 5.56 Å². The Kier molecular flexibility index (Phi) is 3.11. The third-order valence-corrected chi connectivity index (χ3v) is 3.57. The van der Waals surface area contributed by atoms with E-state index in [0.717, 1.165) is 15.9 Å². The number of anilines is 1. The number of fused-ring (bicyclic) bond motifs is 1. The number of nitrogens with one attached hydrogen (secondary N) is 1. The fraction of sp³-hybridized carbons (Fsp3) is 0.0769. The summed E-state index contributed by atoms with van der Waals surface area (Å²) in [7, 11) is 0. The van der Waals surface area contributed by atoms with E-state index in [2.05, 4.69) is 19.9 Å². The fourth-order valence-electron chi connectivity index (χ4n) is 1.82. The van der Waals surface area contributed by atoms with Crippen molar-refractivity contribution in [3.05, 3.63) is 46.6 Å². The molecule has 0 fully saturated rings. The minimum atomic E-state index is -0.178. The highest BCUT2D eigenvalue weighted by atomic mass is 32.2. The zero-order chi connectivity index (χ0) is 14.1. The predicted octanol–water partition coefficient (Wildman–Crippen LogP) is 1.75. The molecule has 6 nitrogen and oxygen atoms in total. The van der Waals surface area contributed by atoms with E-state index in [1.54, 1.807) is 19.1 Å². The molecule has 0 aliphatic rings. The lowest BCUT2D eigenvalue weighted by atomic mass is 10.2. The second kappa shape index (κ2) is 4.93. The van der Waals surface area contributed by atoms with E-state index in [1.807, 2.05) is 6.07 Å². The predicted molar refractivity (Wildman–Crippen MR) is 77.7 cm³/mol. The molecule has 0 spiro atoms. The van der Waals surface area contributed by atoms with Crippen LogP contribution in [-0.2, 0) is 0 Å². The van der Waals surface area contributed by atoms with Crippen molar-refractivity contribution >= 4 is 28.4 Å². The van der Waals surface area contributed by atoms with E-state index >= 15 is 0 Å². The molecule has 0 aliphatic carbocycles. The summed E-state index contributed by atoms with van der Waals surface area (Å²) in [5.74, 6) is 0. The molecule has 100 valence electrons. The average molecular weight is 285 g/mol. The van der Waals surface area contributed by atoms with Gasteiger partial charge in [-0.1, -0.05) is 0 Å². The van der Waals surface area contributed by atoms with E-state index in [-0.39, 0.29) is 5.56 Å². The van der Waals surface area contributed by atoms with Crippen LogP contribution in [0.1, 0.15) is 5.69 Å². The summed E-state index contributed by atoms with van der Waals surface area (Å²) < 4.78 is 0. The first-order valence-electron chi connectivity index (χ1n) is 5.88. The summed E-state index contributed by atoms with van der Waals surface area (Å²) in [6, 6.07) is 6.89. The van der Waals surface area contributed by atoms with Crippen molar-refractivity contribution in [3.63, 3.8) is 0 Å². The van der Waals surface area contributed by atoms with E-state index in [1.165, 1.54) is 24.2 Å². The van der Waals surface area contributed by atoms with Gasteiger partial charge >= 0.3 is 0 Å². The number of hydrogen-bond acceptors (Lipinski definition) is 6. The molecule has 0 atom stereocenters. The number of aryl methyl sites for hydroxylation is 1. The van der Waals surface area contributed by atoms with Crippen LogP contribution in [0.4, 0.5) is 5.69 Å². The van der Waals surface area contributed by atoms with Gasteiger partial charge in [0.15, 0.2) is 5.16 Å². The Morgan fingerprint density at radius 2 is 2.10 bits per heavy atom. The second-order valence-corrected chi connectivity index (χ2v) is 5.23. The first kappa shape index (κ1) is 12.6. The van der Waals surface area contributed by atoms with Gasteiger partial charge in [0.1, 0.15) is 11.4 Å². The number of H-pyrrole nitrogens is 1. The minimum absolute atomic E-state index is 0.178. The van der Waals surface area contributed by atoms with Crippen LogP contribution in [-0.4, -0.2) is 19.9 Å². The number of nitrogens with zero attached hydrogens (tertiary/aromatic N) is 3. The van der Waals surface area contributed by atoms with Crippen LogP contribution in [0.5, 0.6) is 0 Å². The van der Waals surface area contributed by atoms with Crippen molar-refractivity contribution in [1.29, 1.82) is 0 Å². The molecule has 7 heteroatoms. The summed E-state index contributed by atoms with van der Waals surface area (Å²) in [4.78, 5) is 26.8. The Labute approximate surface area is 118 Å². The minimum Gasteiger partial charge on any atom is -0.399 e. The molecule has 3 aromatic rings. The molecule has 0 bridgehead atoms. The van der Waals surface area contributed by atoms with Crippen molar-refractivity contribution in [3.8, 4) is 0 Å². The van der Waals surface area contributed by atoms with Crippen LogP contribution in [0.15, 0.2) is 45.6 Å². The SMILES string of the molecule is Cc1cc(=O)[nH]c(Sc2ncnc3cc(N)ccc23)n1. The Morgan fingerprint density at radius 1 is 1.25 bits per heavy atom. The summed E-state index contributed by atoms with van der Waals surface area (Å²) >= 11 is 1.29. The quantitative estimate of drug-likeness (QED) is 0.423. The van der Waals surface area contributed by atoms with Crippen LogP contribution in [0, 0.1) is 6.92 Å². The molecule has 0 unspecified atom stereocenters. The van der Waals surface area contributed by atoms with Gasteiger partial charge in [0.05, 0.1) is 5.52 Å². The van der Waals surface area contributed by atoms with E-state index in [4.69, 9.17) is 5.73 Å². The van der Waals surface area contributed by atoms with E-state index < -0.39 is 0 Å². The van der Waals surface area contributed by atoms with Gasteiger partial charge in [-0.25, -0.2) is 15.0 Å². The highest BCUT2D eigenvalue weighted by Crippen LogP contribution is 2.29. The topological polar surface area (TPSA) is 97.5 Å². The fourth-order valence-corrected chi connectivity index (χ4v) is 2.73. The van der Waals surface area contributed by atoms with Crippen LogP contribution >= 0.6 is 11.8 Å². The van der Waals surface area contributed by atoms with Gasteiger partial charge in [0.2, 0.25) is 0 Å². The van der Waals surface area contributed by atoms with Crippen molar-refractivity contribution in [2.24, 2.45) is 0 Å². The van der Waals surface area contributed by atoms with Gasteiger partial charge in [-0.15, -0.1) is 0 Å². The molecular formula is C13H11N5OS. The Morgan fingerprint density at radius 3 is 2.90 bits per heavy atom. The lowest BCUT2D eigenvalue weighted by Gasteiger charge is -2.05. The largest absolute Gasteiger partial charge is 0.399 e. The standard InChI is InChI=1S/C13H11N5OS/c1-7-4-11(19)18-13(17-7)20-12-9-3-2-8(14)5-10(9)15-6-16-12/h2-6H,14H2,1H3,(H,17,18,19). The molecule has 0 radical (unpaired) electrons. The monoisotopic (exact) mass is 285 g/mol. The normalized spacial score (nSPS) is 10.8. The summed E-state index contributed by atoms with van der Waals surface area (Å²) in [6.45, 7) is 1.78. The van der Waals surface area contributed by atoms with E-state index in [0.29, 0.717) is 16.5 Å².